The molecule has 118 valence electrons. The first-order valence-corrected chi connectivity index (χ1v) is 7.24. The van der Waals surface area contributed by atoms with Crippen molar-refractivity contribution >= 4 is 12.0 Å². The van der Waals surface area contributed by atoms with Crippen molar-refractivity contribution in [1.82, 2.24) is 10.6 Å². The van der Waals surface area contributed by atoms with E-state index in [4.69, 9.17) is 9.84 Å². The number of amides is 2. The van der Waals surface area contributed by atoms with Crippen LogP contribution in [0.1, 0.15) is 46.0 Å². The van der Waals surface area contributed by atoms with Gasteiger partial charge in [0.25, 0.3) is 0 Å². The highest BCUT2D eigenvalue weighted by atomic mass is 16.5. The summed E-state index contributed by atoms with van der Waals surface area (Å²) in [5.41, 5.74) is 0. The lowest BCUT2D eigenvalue weighted by molar-refractivity contribution is -0.137. The zero-order valence-electron chi connectivity index (χ0n) is 12.8. The molecule has 2 unspecified atom stereocenters. The molecule has 0 heterocycles. The van der Waals surface area contributed by atoms with E-state index in [0.29, 0.717) is 25.5 Å². The fourth-order valence-electron chi connectivity index (χ4n) is 1.91. The summed E-state index contributed by atoms with van der Waals surface area (Å²) in [6.45, 7) is 5.16. The minimum absolute atomic E-state index is 0.0731. The second-order valence-corrected chi connectivity index (χ2v) is 5.08. The number of carbonyl (C=O) groups excluding carboxylic acids is 1. The molecule has 0 spiro atoms. The molecule has 0 radical (unpaired) electrons. The van der Waals surface area contributed by atoms with Crippen LogP contribution < -0.4 is 10.6 Å². The van der Waals surface area contributed by atoms with E-state index in [9.17, 15) is 9.59 Å². The Balaban J connectivity index is 3.74. The Morgan fingerprint density at radius 3 is 2.50 bits per heavy atom. The Hall–Kier alpha value is -1.30. The van der Waals surface area contributed by atoms with Crippen LogP contribution in [0.25, 0.3) is 0 Å². The zero-order chi connectivity index (χ0) is 15.4. The molecule has 6 heteroatoms. The van der Waals surface area contributed by atoms with Crippen LogP contribution in [-0.4, -0.2) is 43.4 Å². The number of ether oxygens (including phenoxy) is 1. The molecule has 0 aliphatic heterocycles. The monoisotopic (exact) mass is 288 g/mol. The van der Waals surface area contributed by atoms with Gasteiger partial charge in [-0.3, -0.25) is 4.79 Å². The number of aliphatic carboxylic acids is 1. The average molecular weight is 288 g/mol. The van der Waals surface area contributed by atoms with Crippen LogP contribution >= 0.6 is 0 Å². The first kappa shape index (κ1) is 18.7. The topological polar surface area (TPSA) is 87.7 Å². The summed E-state index contributed by atoms with van der Waals surface area (Å²) in [6, 6.07) is -0.106. The van der Waals surface area contributed by atoms with E-state index in [2.05, 4.69) is 10.6 Å². The van der Waals surface area contributed by atoms with Gasteiger partial charge in [-0.15, -0.1) is 0 Å². The molecule has 0 aliphatic carbocycles. The van der Waals surface area contributed by atoms with Crippen molar-refractivity contribution < 1.29 is 19.4 Å². The maximum Gasteiger partial charge on any atom is 0.314 e. The van der Waals surface area contributed by atoms with Gasteiger partial charge in [-0.1, -0.05) is 13.3 Å². The molecule has 0 aromatic heterocycles. The molecular weight excluding hydrogens is 260 g/mol. The Bertz CT molecular complexity index is 284. The predicted octanol–water partition coefficient (Wildman–Crippen LogP) is 1.99. The number of urea groups is 1. The second-order valence-electron chi connectivity index (χ2n) is 5.08. The summed E-state index contributed by atoms with van der Waals surface area (Å²) in [7, 11) is 1.63. The van der Waals surface area contributed by atoms with E-state index in [1.165, 1.54) is 0 Å². The van der Waals surface area contributed by atoms with Crippen LogP contribution in [0.15, 0.2) is 0 Å². The Morgan fingerprint density at radius 1 is 1.25 bits per heavy atom. The lowest BCUT2D eigenvalue weighted by atomic mass is 9.97. The number of carboxylic acids is 1. The molecule has 0 bridgehead atoms. The third-order valence-electron chi connectivity index (χ3n) is 3.31. The molecule has 0 saturated carbocycles. The molecule has 3 N–H and O–H groups in total. The first-order chi connectivity index (χ1) is 9.49. The molecule has 2 atom stereocenters. The van der Waals surface area contributed by atoms with E-state index >= 15 is 0 Å². The van der Waals surface area contributed by atoms with Crippen LogP contribution in [0.3, 0.4) is 0 Å². The van der Waals surface area contributed by atoms with Gasteiger partial charge in [0.1, 0.15) is 0 Å². The standard InChI is InChI=1S/C14H28N2O4/c1-4-12(5-6-13(17)18)7-9-15-14(19)16-11(2)8-10-20-3/h11-12H,4-10H2,1-3H3,(H,17,18)(H2,15,16,19). The third kappa shape index (κ3) is 10.6. The number of nitrogens with one attached hydrogen (secondary N) is 2. The van der Waals surface area contributed by atoms with Crippen LogP contribution in [0.2, 0.25) is 0 Å². The van der Waals surface area contributed by atoms with Crippen molar-refractivity contribution in [2.75, 3.05) is 20.3 Å². The van der Waals surface area contributed by atoms with Gasteiger partial charge in [0.05, 0.1) is 0 Å². The number of carbonyl (C=O) groups is 2. The van der Waals surface area contributed by atoms with Gasteiger partial charge in [-0.2, -0.15) is 0 Å². The quantitative estimate of drug-likeness (QED) is 0.542. The van der Waals surface area contributed by atoms with Gasteiger partial charge in [0.2, 0.25) is 0 Å². The molecule has 2 amide bonds. The summed E-state index contributed by atoms with van der Waals surface area (Å²) < 4.78 is 4.95. The highest BCUT2D eigenvalue weighted by Gasteiger charge is 2.10. The second kappa shape index (κ2) is 11.5. The maximum atomic E-state index is 11.6. The summed E-state index contributed by atoms with van der Waals surface area (Å²) >= 11 is 0. The van der Waals surface area contributed by atoms with Gasteiger partial charge in [-0.05, 0) is 32.1 Å². The molecule has 0 saturated heterocycles. The van der Waals surface area contributed by atoms with E-state index in [1.807, 2.05) is 13.8 Å². The number of hydrogen-bond donors (Lipinski definition) is 3. The molecular formula is C14H28N2O4. The van der Waals surface area contributed by atoms with Crippen molar-refractivity contribution in [2.45, 2.75) is 52.0 Å². The van der Waals surface area contributed by atoms with Gasteiger partial charge in [0.15, 0.2) is 0 Å². The predicted molar refractivity (Wildman–Crippen MR) is 77.8 cm³/mol. The normalized spacial score (nSPS) is 13.6. The van der Waals surface area contributed by atoms with Crippen molar-refractivity contribution in [3.8, 4) is 0 Å². The summed E-state index contributed by atoms with van der Waals surface area (Å²) in [4.78, 5) is 22.1. The Labute approximate surface area is 121 Å². The van der Waals surface area contributed by atoms with E-state index in [-0.39, 0.29) is 18.5 Å². The number of hydrogen-bond acceptors (Lipinski definition) is 3. The highest BCUT2D eigenvalue weighted by molar-refractivity contribution is 5.74. The molecule has 0 fully saturated rings. The van der Waals surface area contributed by atoms with Crippen LogP contribution in [0, 0.1) is 5.92 Å². The maximum absolute atomic E-state index is 11.6. The Morgan fingerprint density at radius 2 is 1.95 bits per heavy atom. The molecule has 20 heavy (non-hydrogen) atoms. The van der Waals surface area contributed by atoms with Crippen LogP contribution in [0.5, 0.6) is 0 Å². The lowest BCUT2D eigenvalue weighted by Crippen LogP contribution is -2.41. The minimum Gasteiger partial charge on any atom is -0.481 e. The third-order valence-corrected chi connectivity index (χ3v) is 3.31. The van der Waals surface area contributed by atoms with Crippen molar-refractivity contribution in [1.29, 1.82) is 0 Å². The molecule has 0 rings (SSSR count). The van der Waals surface area contributed by atoms with Crippen LogP contribution in [-0.2, 0) is 9.53 Å². The fraction of sp³-hybridized carbons (Fsp3) is 0.857. The van der Waals surface area contributed by atoms with E-state index < -0.39 is 5.97 Å². The molecule has 6 nitrogen and oxygen atoms in total. The smallest absolute Gasteiger partial charge is 0.314 e. The number of methoxy groups -OCH3 is 1. The average Bonchev–Trinajstić information content (AvgIpc) is 2.39. The van der Waals surface area contributed by atoms with Crippen molar-refractivity contribution in [2.24, 2.45) is 5.92 Å². The number of carboxylic acid groups (broad SMARTS) is 1. The van der Waals surface area contributed by atoms with E-state index in [0.717, 1.165) is 19.3 Å². The molecule has 0 aromatic carbocycles. The van der Waals surface area contributed by atoms with Gasteiger partial charge >= 0.3 is 12.0 Å². The summed E-state index contributed by atoms with van der Waals surface area (Å²) in [6.07, 6.45) is 3.38. The molecule has 0 aromatic rings. The van der Waals surface area contributed by atoms with E-state index in [1.54, 1.807) is 7.11 Å². The lowest BCUT2D eigenvalue weighted by Gasteiger charge is -2.16. The largest absolute Gasteiger partial charge is 0.481 e. The van der Waals surface area contributed by atoms with Crippen LogP contribution in [0.4, 0.5) is 4.79 Å². The number of rotatable bonds is 11. The minimum atomic E-state index is -0.763. The first-order valence-electron chi connectivity index (χ1n) is 7.24. The molecule has 0 aliphatic rings. The highest BCUT2D eigenvalue weighted by Crippen LogP contribution is 2.14. The zero-order valence-corrected chi connectivity index (χ0v) is 12.8. The van der Waals surface area contributed by atoms with Crippen molar-refractivity contribution in [3.63, 3.8) is 0 Å². The van der Waals surface area contributed by atoms with Crippen molar-refractivity contribution in [3.05, 3.63) is 0 Å². The SMILES string of the molecule is CCC(CCNC(=O)NC(C)CCOC)CCC(=O)O. The van der Waals surface area contributed by atoms with Gasteiger partial charge in [-0.25, -0.2) is 4.79 Å². The van der Waals surface area contributed by atoms with Gasteiger partial charge < -0.3 is 20.5 Å². The fourth-order valence-corrected chi connectivity index (χ4v) is 1.91. The Kier molecular flexibility index (Phi) is 10.8. The summed E-state index contributed by atoms with van der Waals surface area (Å²) in [5.74, 6) is -0.418. The van der Waals surface area contributed by atoms with Gasteiger partial charge in [0, 0.05) is 32.7 Å². The summed E-state index contributed by atoms with van der Waals surface area (Å²) in [5, 5.41) is 14.3.